The molecule has 6 heteroatoms. The highest BCUT2D eigenvalue weighted by Crippen LogP contribution is 2.27. The molecule has 0 fully saturated rings. The Morgan fingerprint density at radius 3 is 2.29 bits per heavy atom. The van der Waals surface area contributed by atoms with E-state index in [4.69, 9.17) is 4.74 Å². The van der Waals surface area contributed by atoms with Crippen LogP contribution in [0.4, 0.5) is 4.79 Å². The quantitative estimate of drug-likeness (QED) is 0.566. The molecule has 0 radical (unpaired) electrons. The van der Waals surface area contributed by atoms with E-state index in [1.54, 1.807) is 26.0 Å². The second-order valence-corrected chi connectivity index (χ2v) is 6.04. The lowest BCUT2D eigenvalue weighted by molar-refractivity contribution is -0.135. The molecule has 2 atom stereocenters. The van der Waals surface area contributed by atoms with E-state index in [1.165, 1.54) is 4.90 Å². The normalized spacial score (nSPS) is 21.2. The first-order valence-corrected chi connectivity index (χ1v) is 7.21. The molecule has 0 aromatic heterocycles. The highest BCUT2D eigenvalue weighted by Gasteiger charge is 2.31. The van der Waals surface area contributed by atoms with Crippen LogP contribution >= 0.6 is 0 Å². The molecule has 0 aliphatic heterocycles. The molecule has 1 rings (SSSR count). The van der Waals surface area contributed by atoms with Crippen molar-refractivity contribution < 1.29 is 14.3 Å². The second-order valence-electron chi connectivity index (χ2n) is 6.04. The van der Waals surface area contributed by atoms with Crippen molar-refractivity contribution in [2.24, 2.45) is 11.8 Å². The number of carbonyl (C=O) groups excluding carboxylic acids is 2. The van der Waals surface area contributed by atoms with Crippen molar-refractivity contribution in [3.63, 3.8) is 0 Å². The maximum atomic E-state index is 12.2. The van der Waals surface area contributed by atoms with E-state index in [1.807, 2.05) is 25.1 Å². The lowest BCUT2D eigenvalue weighted by Gasteiger charge is -2.30. The van der Waals surface area contributed by atoms with E-state index < -0.39 is 0 Å². The number of nitrogens with zero attached hydrogens (tertiary/aromatic N) is 3. The second kappa shape index (κ2) is 8.02. The molecule has 0 saturated heterocycles. The predicted molar refractivity (Wildman–Crippen MR) is 81.7 cm³/mol. The maximum Gasteiger partial charge on any atom is 0.410 e. The Labute approximate surface area is 127 Å². The van der Waals surface area contributed by atoms with Crippen LogP contribution in [-0.4, -0.2) is 75.2 Å². The average molecular weight is 297 g/mol. The van der Waals surface area contributed by atoms with E-state index in [9.17, 15) is 9.59 Å². The van der Waals surface area contributed by atoms with Gasteiger partial charge in [-0.15, -0.1) is 0 Å². The number of allylic oxidation sites excluding steroid dienone is 2. The van der Waals surface area contributed by atoms with Crippen LogP contribution in [0, 0.1) is 11.8 Å². The minimum absolute atomic E-state index is 0.0570. The van der Waals surface area contributed by atoms with Crippen molar-refractivity contribution in [1.29, 1.82) is 0 Å². The lowest BCUT2D eigenvalue weighted by atomic mass is 9.82. The molecule has 1 aliphatic carbocycles. The van der Waals surface area contributed by atoms with E-state index >= 15 is 0 Å². The Bertz CT molecular complexity index is 394. The van der Waals surface area contributed by atoms with Gasteiger partial charge in [0.2, 0.25) is 5.91 Å². The SMILES string of the molecule is CN(C)CN(C)C(=O)OCC1CC=CCC1C(=O)N(C)C. The summed E-state index contributed by atoms with van der Waals surface area (Å²) in [6.45, 7) is 0.786. The zero-order valence-corrected chi connectivity index (χ0v) is 13.7. The third kappa shape index (κ3) is 5.38. The standard InChI is InChI=1S/C15H27N3O3/c1-16(2)11-18(5)15(20)21-10-12-8-6-7-9-13(12)14(19)17(3)4/h6-7,12-13H,8-11H2,1-5H3. The minimum Gasteiger partial charge on any atom is -0.449 e. The van der Waals surface area contributed by atoms with Gasteiger partial charge in [-0.05, 0) is 26.9 Å². The first kappa shape index (κ1) is 17.5. The molecule has 2 amide bonds. The van der Waals surface area contributed by atoms with Crippen LogP contribution in [0.2, 0.25) is 0 Å². The summed E-state index contributed by atoms with van der Waals surface area (Å²) in [5.41, 5.74) is 0. The minimum atomic E-state index is -0.352. The topological polar surface area (TPSA) is 53.1 Å². The largest absolute Gasteiger partial charge is 0.449 e. The summed E-state index contributed by atoms with van der Waals surface area (Å²) in [6.07, 6.45) is 5.22. The van der Waals surface area contributed by atoms with Gasteiger partial charge in [0.15, 0.2) is 0 Å². The number of hydrogen-bond acceptors (Lipinski definition) is 4. The van der Waals surface area contributed by atoms with Crippen LogP contribution in [0.25, 0.3) is 0 Å². The van der Waals surface area contributed by atoms with Crippen LogP contribution in [0.15, 0.2) is 12.2 Å². The van der Waals surface area contributed by atoms with Gasteiger partial charge < -0.3 is 9.64 Å². The lowest BCUT2D eigenvalue weighted by Crippen LogP contribution is -2.39. The average Bonchev–Trinajstić information content (AvgIpc) is 2.43. The Morgan fingerprint density at radius 2 is 1.71 bits per heavy atom. The molecule has 1 aliphatic rings. The van der Waals surface area contributed by atoms with E-state index in [0.29, 0.717) is 13.1 Å². The molecule has 6 nitrogen and oxygen atoms in total. The van der Waals surface area contributed by atoms with Crippen LogP contribution < -0.4 is 0 Å². The predicted octanol–water partition coefficient (Wildman–Crippen LogP) is 1.24. The molecule has 0 aromatic rings. The Hall–Kier alpha value is -1.56. The smallest absolute Gasteiger partial charge is 0.410 e. The molecule has 0 bridgehead atoms. The van der Waals surface area contributed by atoms with Crippen molar-refractivity contribution in [2.75, 3.05) is 48.5 Å². The molecule has 0 saturated carbocycles. The Balaban J connectivity index is 2.53. The van der Waals surface area contributed by atoms with Crippen molar-refractivity contribution in [1.82, 2.24) is 14.7 Å². The third-order valence-corrected chi connectivity index (χ3v) is 3.55. The number of hydrogen-bond donors (Lipinski definition) is 0. The zero-order valence-electron chi connectivity index (χ0n) is 13.7. The fourth-order valence-electron chi connectivity index (χ4n) is 2.46. The van der Waals surface area contributed by atoms with Gasteiger partial charge in [-0.3, -0.25) is 14.6 Å². The number of amides is 2. The summed E-state index contributed by atoms with van der Waals surface area (Å²) in [6, 6.07) is 0. The highest BCUT2D eigenvalue weighted by molar-refractivity contribution is 5.79. The van der Waals surface area contributed by atoms with Crippen LogP contribution in [-0.2, 0) is 9.53 Å². The molecule has 120 valence electrons. The Kier molecular flexibility index (Phi) is 6.68. The molecule has 0 spiro atoms. The van der Waals surface area contributed by atoms with Gasteiger partial charge >= 0.3 is 6.09 Å². The summed E-state index contributed by atoms with van der Waals surface area (Å²) in [5, 5.41) is 0. The third-order valence-electron chi connectivity index (χ3n) is 3.55. The maximum absolute atomic E-state index is 12.2. The fraction of sp³-hybridized carbons (Fsp3) is 0.733. The number of rotatable bonds is 5. The Morgan fingerprint density at radius 1 is 1.10 bits per heavy atom. The van der Waals surface area contributed by atoms with E-state index in [2.05, 4.69) is 6.08 Å². The van der Waals surface area contributed by atoms with Gasteiger partial charge in [-0.2, -0.15) is 0 Å². The van der Waals surface area contributed by atoms with Crippen LogP contribution in [0.1, 0.15) is 12.8 Å². The van der Waals surface area contributed by atoms with Crippen LogP contribution in [0.3, 0.4) is 0 Å². The summed E-state index contributed by atoms with van der Waals surface area (Å²) >= 11 is 0. The molecule has 0 N–H and O–H groups in total. The number of carbonyl (C=O) groups is 2. The molecule has 21 heavy (non-hydrogen) atoms. The van der Waals surface area contributed by atoms with Gasteiger partial charge in [0.05, 0.1) is 13.3 Å². The first-order valence-electron chi connectivity index (χ1n) is 7.21. The molecular formula is C15H27N3O3. The number of ether oxygens (including phenoxy) is 1. The summed E-state index contributed by atoms with van der Waals surface area (Å²) in [7, 11) is 9.00. The summed E-state index contributed by atoms with van der Waals surface area (Å²) in [4.78, 5) is 29.1. The van der Waals surface area contributed by atoms with Gasteiger partial charge in [-0.25, -0.2) is 4.79 Å². The molecule has 0 aromatic carbocycles. The first-order chi connectivity index (χ1) is 9.82. The molecule has 0 heterocycles. The highest BCUT2D eigenvalue weighted by atomic mass is 16.6. The molecule has 2 unspecified atom stereocenters. The van der Waals surface area contributed by atoms with Crippen LogP contribution in [0.5, 0.6) is 0 Å². The van der Waals surface area contributed by atoms with Crippen molar-refractivity contribution in [2.45, 2.75) is 12.8 Å². The fourth-order valence-corrected chi connectivity index (χ4v) is 2.46. The summed E-state index contributed by atoms with van der Waals surface area (Å²) < 4.78 is 5.36. The van der Waals surface area contributed by atoms with Crippen molar-refractivity contribution >= 4 is 12.0 Å². The molecular weight excluding hydrogens is 270 g/mol. The monoisotopic (exact) mass is 297 g/mol. The van der Waals surface area contributed by atoms with Crippen molar-refractivity contribution in [3.05, 3.63) is 12.2 Å². The van der Waals surface area contributed by atoms with E-state index in [-0.39, 0.29) is 30.4 Å². The zero-order chi connectivity index (χ0) is 16.0. The van der Waals surface area contributed by atoms with Crippen molar-refractivity contribution in [3.8, 4) is 0 Å². The van der Waals surface area contributed by atoms with Gasteiger partial charge in [0.25, 0.3) is 0 Å². The van der Waals surface area contributed by atoms with Gasteiger partial charge in [0, 0.05) is 33.0 Å². The van der Waals surface area contributed by atoms with Gasteiger partial charge in [-0.1, -0.05) is 12.2 Å². The van der Waals surface area contributed by atoms with Gasteiger partial charge in [0.1, 0.15) is 0 Å². The van der Waals surface area contributed by atoms with E-state index in [0.717, 1.165) is 6.42 Å². The summed E-state index contributed by atoms with van der Waals surface area (Å²) in [5.74, 6) is 0.0561.